The molecule has 2 N–H and O–H groups in total. The number of hydrazone groups is 1. The number of hydrogen-bond acceptors (Lipinski definition) is 5. The Balaban J connectivity index is 1.57. The number of rotatable bonds is 4. The lowest BCUT2D eigenvalue weighted by Crippen LogP contribution is -2.19. The van der Waals surface area contributed by atoms with Crippen LogP contribution in [0.1, 0.15) is 27.9 Å². The Morgan fingerprint density at radius 3 is 2.66 bits per heavy atom. The first-order chi connectivity index (χ1) is 13.9. The van der Waals surface area contributed by atoms with E-state index in [1.807, 2.05) is 68.1 Å². The van der Waals surface area contributed by atoms with Crippen molar-refractivity contribution in [2.75, 3.05) is 0 Å². The number of nitrogens with zero attached hydrogens (tertiary/aromatic N) is 3. The molecule has 0 unspecified atom stereocenters. The lowest BCUT2D eigenvalue weighted by atomic mass is 10.2. The number of fused-ring (bicyclic) bond motifs is 1. The van der Waals surface area contributed by atoms with E-state index < -0.39 is 0 Å². The summed E-state index contributed by atoms with van der Waals surface area (Å²) in [4.78, 5) is 18.2. The molecule has 2 heterocycles. The first kappa shape index (κ1) is 18.9. The highest BCUT2D eigenvalue weighted by Gasteiger charge is 2.15. The Hall–Kier alpha value is -3.45. The zero-order chi connectivity index (χ0) is 20.5. The Morgan fingerprint density at radius 2 is 1.90 bits per heavy atom. The minimum absolute atomic E-state index is 0.219. The standard InChI is InChI=1S/C22H20N4O2S/c1-13-20(29-22(23-13)15-8-10-16(27)11-9-15)14(2)24-25-21(28)18-12-26(3)19-7-5-4-6-17(18)19/h4-12,27H,1-3H3,(H,25,28)/b24-14+. The lowest BCUT2D eigenvalue weighted by Gasteiger charge is -2.01. The van der Waals surface area contributed by atoms with Gasteiger partial charge in [-0.15, -0.1) is 11.3 Å². The van der Waals surface area contributed by atoms with E-state index in [0.29, 0.717) is 11.3 Å². The lowest BCUT2D eigenvalue weighted by molar-refractivity contribution is 0.0956. The third-order valence-corrected chi connectivity index (χ3v) is 6.02. The number of aromatic nitrogens is 2. The van der Waals surface area contributed by atoms with Crippen LogP contribution < -0.4 is 5.43 Å². The van der Waals surface area contributed by atoms with Crippen molar-refractivity contribution in [2.24, 2.45) is 12.1 Å². The maximum atomic E-state index is 12.7. The third-order valence-electron chi connectivity index (χ3n) is 4.71. The van der Waals surface area contributed by atoms with Gasteiger partial charge in [0.25, 0.3) is 5.91 Å². The van der Waals surface area contributed by atoms with E-state index in [-0.39, 0.29) is 11.7 Å². The molecule has 2 aromatic heterocycles. The largest absolute Gasteiger partial charge is 0.508 e. The quantitative estimate of drug-likeness (QED) is 0.389. The highest BCUT2D eigenvalue weighted by molar-refractivity contribution is 7.17. The van der Waals surface area contributed by atoms with E-state index in [1.54, 1.807) is 12.1 Å². The predicted octanol–water partition coefficient (Wildman–Crippen LogP) is 4.47. The maximum Gasteiger partial charge on any atom is 0.273 e. The second-order valence-electron chi connectivity index (χ2n) is 6.79. The van der Waals surface area contributed by atoms with Crippen molar-refractivity contribution >= 4 is 33.9 Å². The molecule has 146 valence electrons. The average Bonchev–Trinajstić information content (AvgIpc) is 3.27. The van der Waals surface area contributed by atoms with Gasteiger partial charge >= 0.3 is 0 Å². The summed E-state index contributed by atoms with van der Waals surface area (Å²) in [5.74, 6) is -0.0294. The first-order valence-corrected chi connectivity index (χ1v) is 9.91. The van der Waals surface area contributed by atoms with Crippen LogP contribution in [0.2, 0.25) is 0 Å². The number of aryl methyl sites for hydroxylation is 2. The molecule has 0 spiro atoms. The van der Waals surface area contributed by atoms with Crippen molar-refractivity contribution in [3.63, 3.8) is 0 Å². The summed E-state index contributed by atoms with van der Waals surface area (Å²) in [6.07, 6.45) is 1.81. The molecule has 0 bridgehead atoms. The van der Waals surface area contributed by atoms with Crippen LogP contribution in [0.25, 0.3) is 21.5 Å². The molecular weight excluding hydrogens is 384 g/mol. The molecule has 1 amide bonds. The molecule has 0 radical (unpaired) electrons. The molecule has 6 nitrogen and oxygen atoms in total. The van der Waals surface area contributed by atoms with E-state index in [0.717, 1.165) is 32.0 Å². The van der Waals surface area contributed by atoms with Crippen molar-refractivity contribution in [3.05, 3.63) is 70.9 Å². The monoisotopic (exact) mass is 404 g/mol. The fourth-order valence-corrected chi connectivity index (χ4v) is 4.24. The van der Waals surface area contributed by atoms with Crippen LogP contribution in [0.4, 0.5) is 0 Å². The second kappa shape index (κ2) is 7.52. The molecule has 0 aliphatic heterocycles. The number of carbonyl (C=O) groups is 1. The number of hydrogen-bond donors (Lipinski definition) is 2. The van der Waals surface area contributed by atoms with E-state index in [9.17, 15) is 9.90 Å². The van der Waals surface area contributed by atoms with Gasteiger partial charge in [-0.25, -0.2) is 10.4 Å². The molecule has 0 aliphatic carbocycles. The van der Waals surface area contributed by atoms with Crippen LogP contribution in [0.15, 0.2) is 59.8 Å². The maximum absolute atomic E-state index is 12.7. The third kappa shape index (κ3) is 3.64. The van der Waals surface area contributed by atoms with Crippen molar-refractivity contribution in [2.45, 2.75) is 13.8 Å². The summed E-state index contributed by atoms with van der Waals surface area (Å²) in [7, 11) is 1.92. The number of aromatic hydroxyl groups is 1. The Morgan fingerprint density at radius 1 is 1.17 bits per heavy atom. The summed E-state index contributed by atoms with van der Waals surface area (Å²) in [6, 6.07) is 14.7. The van der Waals surface area contributed by atoms with Crippen LogP contribution in [-0.2, 0) is 7.05 Å². The summed E-state index contributed by atoms with van der Waals surface area (Å²) < 4.78 is 1.93. The van der Waals surface area contributed by atoms with Crippen LogP contribution >= 0.6 is 11.3 Å². The van der Waals surface area contributed by atoms with Crippen LogP contribution in [-0.4, -0.2) is 26.3 Å². The number of phenols is 1. The molecular formula is C22H20N4O2S. The number of benzene rings is 2. The normalized spacial score (nSPS) is 11.8. The molecule has 29 heavy (non-hydrogen) atoms. The smallest absolute Gasteiger partial charge is 0.273 e. The Labute approximate surface area is 172 Å². The van der Waals surface area contributed by atoms with Gasteiger partial charge in [0.1, 0.15) is 10.8 Å². The molecule has 4 rings (SSSR count). The highest BCUT2D eigenvalue weighted by atomic mass is 32.1. The number of carbonyl (C=O) groups excluding carboxylic acids is 1. The van der Waals surface area contributed by atoms with E-state index >= 15 is 0 Å². The second-order valence-corrected chi connectivity index (χ2v) is 7.79. The average molecular weight is 404 g/mol. The Kier molecular flexibility index (Phi) is 4.90. The van der Waals surface area contributed by atoms with Gasteiger partial charge in [0.05, 0.1) is 21.8 Å². The van der Waals surface area contributed by atoms with Gasteiger partial charge in [-0.3, -0.25) is 4.79 Å². The number of nitrogens with one attached hydrogen (secondary N) is 1. The van der Waals surface area contributed by atoms with Crippen LogP contribution in [0.5, 0.6) is 5.75 Å². The fourth-order valence-electron chi connectivity index (χ4n) is 3.23. The molecule has 7 heteroatoms. The number of thiazole rings is 1. The zero-order valence-electron chi connectivity index (χ0n) is 16.3. The molecule has 0 saturated carbocycles. The molecule has 4 aromatic rings. The van der Waals surface area contributed by atoms with Gasteiger partial charge < -0.3 is 9.67 Å². The molecule has 0 atom stereocenters. The topological polar surface area (TPSA) is 79.5 Å². The van der Waals surface area contributed by atoms with Crippen molar-refractivity contribution in [3.8, 4) is 16.3 Å². The molecule has 2 aromatic carbocycles. The number of para-hydroxylation sites is 1. The van der Waals surface area contributed by atoms with Crippen LogP contribution in [0.3, 0.4) is 0 Å². The molecule has 0 fully saturated rings. The molecule has 0 aliphatic rings. The first-order valence-electron chi connectivity index (χ1n) is 9.10. The molecule has 0 saturated heterocycles. The summed E-state index contributed by atoms with van der Waals surface area (Å²) >= 11 is 1.50. The summed E-state index contributed by atoms with van der Waals surface area (Å²) in [6.45, 7) is 3.77. The van der Waals surface area contributed by atoms with E-state index in [2.05, 4.69) is 15.5 Å². The van der Waals surface area contributed by atoms with Crippen molar-refractivity contribution in [1.82, 2.24) is 15.0 Å². The minimum atomic E-state index is -0.248. The van der Waals surface area contributed by atoms with Crippen molar-refractivity contribution < 1.29 is 9.90 Å². The van der Waals surface area contributed by atoms with Gasteiger partial charge in [0.15, 0.2) is 0 Å². The van der Waals surface area contributed by atoms with Crippen LogP contribution in [0, 0.1) is 6.92 Å². The fraction of sp³-hybridized carbons (Fsp3) is 0.136. The Bertz CT molecular complexity index is 1240. The van der Waals surface area contributed by atoms with Gasteiger partial charge in [0.2, 0.25) is 0 Å². The van der Waals surface area contributed by atoms with Gasteiger partial charge in [-0.2, -0.15) is 5.10 Å². The zero-order valence-corrected chi connectivity index (χ0v) is 17.1. The predicted molar refractivity (Wildman–Crippen MR) is 117 cm³/mol. The van der Waals surface area contributed by atoms with E-state index in [1.165, 1.54) is 11.3 Å². The van der Waals surface area contributed by atoms with Crippen molar-refractivity contribution in [1.29, 1.82) is 0 Å². The number of amides is 1. The van der Waals surface area contributed by atoms with E-state index in [4.69, 9.17) is 0 Å². The summed E-state index contributed by atoms with van der Waals surface area (Å²) in [5.41, 5.74) is 6.72. The van der Waals surface area contributed by atoms with Gasteiger partial charge in [0, 0.05) is 29.7 Å². The minimum Gasteiger partial charge on any atom is -0.508 e. The SMILES string of the molecule is C/C(=N\NC(=O)c1cn(C)c2ccccc12)c1sc(-c2ccc(O)cc2)nc1C. The van der Waals surface area contributed by atoms with Gasteiger partial charge in [-0.1, -0.05) is 18.2 Å². The highest BCUT2D eigenvalue weighted by Crippen LogP contribution is 2.29. The van der Waals surface area contributed by atoms with Gasteiger partial charge in [-0.05, 0) is 44.2 Å². The number of phenolic OH excluding ortho intramolecular Hbond substituents is 1. The summed E-state index contributed by atoms with van der Waals surface area (Å²) in [5, 5.41) is 15.5.